The van der Waals surface area contributed by atoms with Crippen LogP contribution in [0.5, 0.6) is 5.75 Å². The van der Waals surface area contributed by atoms with Crippen molar-refractivity contribution in [2.24, 2.45) is 5.92 Å². The van der Waals surface area contributed by atoms with Crippen LogP contribution >= 0.6 is 0 Å². The third-order valence-electron chi connectivity index (χ3n) is 6.93. The van der Waals surface area contributed by atoms with Crippen LogP contribution in [0.15, 0.2) is 36.5 Å². The summed E-state index contributed by atoms with van der Waals surface area (Å²) in [6.07, 6.45) is 4.32. The van der Waals surface area contributed by atoms with Crippen molar-refractivity contribution in [2.45, 2.75) is 44.3 Å². The molecule has 1 aromatic carbocycles. The monoisotopic (exact) mass is 380 g/mol. The summed E-state index contributed by atoms with van der Waals surface area (Å²) in [4.78, 5) is 18.1. The van der Waals surface area contributed by atoms with Crippen LogP contribution in [-0.4, -0.2) is 64.3 Å². The van der Waals surface area contributed by atoms with E-state index in [4.69, 9.17) is 4.74 Å². The lowest BCUT2D eigenvalue weighted by Crippen LogP contribution is -2.61. The molecule has 28 heavy (non-hydrogen) atoms. The fraction of sp³-hybridized carbons (Fsp3) is 0.545. The molecular weight excluding hydrogens is 352 g/mol. The lowest BCUT2D eigenvalue weighted by atomic mass is 9.75. The zero-order valence-electron chi connectivity index (χ0n) is 16.6. The number of nitrogens with zero attached hydrogens (tertiary/aromatic N) is 4. The molecule has 0 unspecified atom stereocenters. The second-order valence-corrected chi connectivity index (χ2v) is 8.44. The van der Waals surface area contributed by atoms with Crippen LogP contribution in [0.4, 0.5) is 0 Å². The maximum absolute atomic E-state index is 13.3. The summed E-state index contributed by atoms with van der Waals surface area (Å²) in [5.74, 6) is 2.07. The van der Waals surface area contributed by atoms with Gasteiger partial charge in [0.25, 0.3) is 0 Å². The summed E-state index contributed by atoms with van der Waals surface area (Å²) < 4.78 is 7.10. The van der Waals surface area contributed by atoms with Crippen LogP contribution < -0.4 is 4.74 Å². The van der Waals surface area contributed by atoms with Crippen molar-refractivity contribution < 1.29 is 9.53 Å². The van der Waals surface area contributed by atoms with Crippen molar-refractivity contribution in [3.63, 3.8) is 0 Å². The molecule has 5 heterocycles. The van der Waals surface area contributed by atoms with Crippen LogP contribution in [0.1, 0.15) is 30.0 Å². The van der Waals surface area contributed by atoms with E-state index in [9.17, 15) is 4.79 Å². The van der Waals surface area contributed by atoms with Crippen LogP contribution in [0.3, 0.4) is 0 Å². The summed E-state index contributed by atoms with van der Waals surface area (Å²) in [6, 6.07) is 11.1. The Kier molecular flexibility index (Phi) is 4.38. The maximum Gasteiger partial charge on any atom is 0.244 e. The number of carbonyl (C=O) groups excluding carboxylic acids is 1. The molecule has 6 heteroatoms. The minimum Gasteiger partial charge on any atom is -0.497 e. The van der Waals surface area contributed by atoms with Gasteiger partial charge in [-0.3, -0.25) is 14.4 Å². The van der Waals surface area contributed by atoms with Gasteiger partial charge in [-0.25, -0.2) is 0 Å². The van der Waals surface area contributed by atoms with Gasteiger partial charge in [0.15, 0.2) is 0 Å². The lowest BCUT2D eigenvalue weighted by molar-refractivity contribution is -0.136. The third-order valence-corrected chi connectivity index (χ3v) is 6.93. The fourth-order valence-electron chi connectivity index (χ4n) is 5.63. The maximum atomic E-state index is 13.3. The number of ether oxygens (including phenoxy) is 1. The average Bonchev–Trinajstić information content (AvgIpc) is 3.34. The van der Waals surface area contributed by atoms with E-state index in [1.165, 1.54) is 31.5 Å². The van der Waals surface area contributed by atoms with Crippen LogP contribution in [0.2, 0.25) is 0 Å². The molecule has 0 radical (unpaired) electrons. The molecule has 0 aliphatic carbocycles. The highest BCUT2D eigenvalue weighted by Crippen LogP contribution is 2.46. The zero-order chi connectivity index (χ0) is 19.3. The van der Waals surface area contributed by atoms with Gasteiger partial charge >= 0.3 is 0 Å². The van der Waals surface area contributed by atoms with Crippen molar-refractivity contribution in [3.05, 3.63) is 47.8 Å². The fourth-order valence-corrected chi connectivity index (χ4v) is 5.63. The second-order valence-electron chi connectivity index (χ2n) is 8.44. The number of carbonyl (C=O) groups is 1. The summed E-state index contributed by atoms with van der Waals surface area (Å²) >= 11 is 0. The highest BCUT2D eigenvalue weighted by Gasteiger charge is 2.54. The summed E-state index contributed by atoms with van der Waals surface area (Å²) in [5.41, 5.74) is 2.26. The molecule has 4 aliphatic heterocycles. The van der Waals surface area contributed by atoms with Crippen LogP contribution in [0, 0.1) is 12.8 Å². The van der Waals surface area contributed by atoms with E-state index in [0.717, 1.165) is 18.0 Å². The second kappa shape index (κ2) is 6.92. The third kappa shape index (κ3) is 2.91. The van der Waals surface area contributed by atoms with E-state index in [0.29, 0.717) is 30.5 Å². The summed E-state index contributed by atoms with van der Waals surface area (Å²) in [6.45, 7) is 5.42. The van der Waals surface area contributed by atoms with Gasteiger partial charge in [-0.15, -0.1) is 0 Å². The van der Waals surface area contributed by atoms with Gasteiger partial charge in [0.2, 0.25) is 5.91 Å². The molecule has 0 N–H and O–H groups in total. The number of piperidine rings is 3. The largest absolute Gasteiger partial charge is 0.497 e. The smallest absolute Gasteiger partial charge is 0.244 e. The number of amides is 1. The Hall–Kier alpha value is -2.34. The van der Waals surface area contributed by atoms with Gasteiger partial charge in [0, 0.05) is 24.7 Å². The Balaban J connectivity index is 1.43. The zero-order valence-corrected chi connectivity index (χ0v) is 16.6. The Labute approximate surface area is 166 Å². The summed E-state index contributed by atoms with van der Waals surface area (Å²) in [7, 11) is 1.70. The average molecular weight is 380 g/mol. The van der Waals surface area contributed by atoms with E-state index < -0.39 is 0 Å². The molecule has 2 bridgehead atoms. The number of hydrogen-bond donors (Lipinski definition) is 0. The Morgan fingerprint density at radius 2 is 1.89 bits per heavy atom. The first-order chi connectivity index (χ1) is 13.6. The molecule has 6 nitrogen and oxygen atoms in total. The quantitative estimate of drug-likeness (QED) is 0.817. The number of aromatic nitrogens is 2. The van der Waals surface area contributed by atoms with Crippen molar-refractivity contribution in [1.29, 1.82) is 0 Å². The molecule has 148 valence electrons. The topological polar surface area (TPSA) is 50.6 Å². The van der Waals surface area contributed by atoms with Crippen molar-refractivity contribution in [1.82, 2.24) is 19.6 Å². The first kappa shape index (κ1) is 17.7. The molecule has 6 rings (SSSR count). The number of methoxy groups -OCH3 is 1. The van der Waals surface area contributed by atoms with Gasteiger partial charge < -0.3 is 9.64 Å². The minimum atomic E-state index is 0.197. The molecule has 0 spiro atoms. The van der Waals surface area contributed by atoms with Gasteiger partial charge in [0.05, 0.1) is 18.8 Å². The Morgan fingerprint density at radius 3 is 2.54 bits per heavy atom. The molecule has 1 amide bonds. The predicted molar refractivity (Wildman–Crippen MR) is 106 cm³/mol. The van der Waals surface area contributed by atoms with E-state index in [1.54, 1.807) is 11.8 Å². The van der Waals surface area contributed by atoms with E-state index in [-0.39, 0.29) is 5.91 Å². The molecular formula is C22H28N4O2. The first-order valence-corrected chi connectivity index (χ1v) is 10.3. The highest BCUT2D eigenvalue weighted by atomic mass is 16.5. The van der Waals surface area contributed by atoms with Gasteiger partial charge in [-0.05, 0) is 62.5 Å². The lowest BCUT2D eigenvalue weighted by Gasteiger charge is -2.51. The SMILES string of the molecule is COc1ccc([C@@H]2CN(C(=O)Cn3ccc(C)n3)[C@@H]3C4CCN(CC4)[C@@H]32)cc1. The Morgan fingerprint density at radius 1 is 1.14 bits per heavy atom. The van der Waals surface area contributed by atoms with Crippen molar-refractivity contribution in [3.8, 4) is 5.75 Å². The van der Waals surface area contributed by atoms with E-state index in [2.05, 4.69) is 27.0 Å². The minimum absolute atomic E-state index is 0.197. The molecule has 4 saturated heterocycles. The molecule has 0 saturated carbocycles. The van der Waals surface area contributed by atoms with Gasteiger partial charge in [0.1, 0.15) is 12.3 Å². The van der Waals surface area contributed by atoms with E-state index in [1.807, 2.05) is 31.3 Å². The number of benzene rings is 1. The van der Waals surface area contributed by atoms with Gasteiger partial charge in [-0.1, -0.05) is 12.1 Å². The van der Waals surface area contributed by atoms with Crippen LogP contribution in [0.25, 0.3) is 0 Å². The number of aryl methyl sites for hydroxylation is 1. The van der Waals surface area contributed by atoms with Crippen LogP contribution in [-0.2, 0) is 11.3 Å². The van der Waals surface area contributed by atoms with Crippen molar-refractivity contribution >= 4 is 5.91 Å². The Bertz CT molecular complexity index is 854. The number of likely N-dealkylation sites (tertiary alicyclic amines) is 1. The number of hydrogen-bond acceptors (Lipinski definition) is 4. The molecule has 1 aromatic heterocycles. The molecule has 4 aliphatic rings. The first-order valence-electron chi connectivity index (χ1n) is 10.3. The van der Waals surface area contributed by atoms with E-state index >= 15 is 0 Å². The molecule has 4 fully saturated rings. The number of fused-ring (bicyclic) bond motifs is 2. The van der Waals surface area contributed by atoms with Crippen molar-refractivity contribution in [2.75, 3.05) is 26.7 Å². The molecule has 3 atom stereocenters. The number of rotatable bonds is 4. The normalized spacial score (nSPS) is 31.1. The predicted octanol–water partition coefficient (Wildman–Crippen LogP) is 2.29. The standard InChI is InChI=1S/C22H28N4O2/c1-15-7-12-25(23-15)14-20(27)26-13-19(16-3-5-18(28-2)6-4-16)22-21(26)17-8-10-24(22)11-9-17/h3-7,12,17,19,21-22H,8-11,13-14H2,1-2H3/t19-,21+,22+/m0/s1. The van der Waals surface area contributed by atoms with Gasteiger partial charge in [-0.2, -0.15) is 5.10 Å². The molecule has 2 aromatic rings. The summed E-state index contributed by atoms with van der Waals surface area (Å²) in [5, 5.41) is 4.42. The highest BCUT2D eigenvalue weighted by molar-refractivity contribution is 5.77.